The smallest absolute Gasteiger partial charge is 0.250 e. The molecule has 0 bridgehead atoms. The zero-order valence-electron chi connectivity index (χ0n) is 18.8. The molecule has 32 heavy (non-hydrogen) atoms. The molecule has 2 fully saturated rings. The van der Waals surface area contributed by atoms with Crippen molar-refractivity contribution in [2.45, 2.75) is 32.5 Å². The molecule has 0 radical (unpaired) electrons. The van der Waals surface area contributed by atoms with E-state index in [0.29, 0.717) is 19.1 Å². The number of hydrogen-bond acceptors (Lipinski definition) is 4. The van der Waals surface area contributed by atoms with Crippen LogP contribution >= 0.6 is 24.0 Å². The number of benzene rings is 1. The van der Waals surface area contributed by atoms with Crippen molar-refractivity contribution in [2.75, 3.05) is 45.9 Å². The lowest BCUT2D eigenvalue weighted by Gasteiger charge is -2.32. The van der Waals surface area contributed by atoms with E-state index in [1.807, 2.05) is 12.3 Å². The Labute approximate surface area is 207 Å². The Balaban J connectivity index is 0.00000289. The molecule has 2 aliphatic heterocycles. The van der Waals surface area contributed by atoms with Crippen molar-refractivity contribution >= 4 is 29.9 Å². The van der Waals surface area contributed by atoms with E-state index < -0.39 is 0 Å². The first-order valence-corrected chi connectivity index (χ1v) is 11.3. The zero-order valence-corrected chi connectivity index (χ0v) is 21.1. The van der Waals surface area contributed by atoms with E-state index >= 15 is 0 Å². The number of rotatable bonds is 6. The fourth-order valence-corrected chi connectivity index (χ4v) is 4.30. The number of hydrogen-bond donors (Lipinski definition) is 1. The number of halogens is 1. The quantitative estimate of drug-likeness (QED) is 0.340. The molecule has 1 aromatic heterocycles. The number of guanidine groups is 1. The predicted octanol–water partition coefficient (Wildman–Crippen LogP) is 2.39. The van der Waals surface area contributed by atoms with Crippen LogP contribution in [0.25, 0.3) is 0 Å². The Hall–Kier alpha value is -1.91. The molecular weight excluding hydrogens is 517 g/mol. The fraction of sp³-hybridized carbons (Fsp3) is 0.500. The van der Waals surface area contributed by atoms with Crippen LogP contribution in [0.3, 0.4) is 0 Å². The van der Waals surface area contributed by atoms with Crippen molar-refractivity contribution in [2.24, 2.45) is 4.99 Å². The van der Waals surface area contributed by atoms with Crippen molar-refractivity contribution in [3.8, 4) is 0 Å². The number of pyridine rings is 1. The molecule has 2 aromatic rings. The van der Waals surface area contributed by atoms with Gasteiger partial charge in [-0.1, -0.05) is 30.3 Å². The molecular formula is C24H34IN5O2. The number of ether oxygens (including phenoxy) is 1. The van der Waals surface area contributed by atoms with Gasteiger partial charge in [-0.15, -0.1) is 24.0 Å². The molecule has 2 saturated heterocycles. The van der Waals surface area contributed by atoms with Gasteiger partial charge in [-0.05, 0) is 30.5 Å². The van der Waals surface area contributed by atoms with Crippen LogP contribution in [-0.2, 0) is 17.8 Å². The second kappa shape index (κ2) is 12.4. The van der Waals surface area contributed by atoms with E-state index in [1.54, 1.807) is 16.7 Å². The summed E-state index contributed by atoms with van der Waals surface area (Å²) in [5.41, 5.74) is 2.30. The SMILES string of the molecule is CCNC(=NCc1ccc(Cn2ccccc2=O)cc1)N1CCC(N2CCOCC2)C1.I. The predicted molar refractivity (Wildman–Crippen MR) is 139 cm³/mol. The van der Waals surface area contributed by atoms with Gasteiger partial charge in [0.15, 0.2) is 5.96 Å². The summed E-state index contributed by atoms with van der Waals surface area (Å²) in [6.07, 6.45) is 3.00. The van der Waals surface area contributed by atoms with Gasteiger partial charge in [0.1, 0.15) is 0 Å². The molecule has 0 saturated carbocycles. The Morgan fingerprint density at radius 1 is 1.09 bits per heavy atom. The lowest BCUT2D eigenvalue weighted by atomic mass is 10.1. The topological polar surface area (TPSA) is 62.1 Å². The van der Waals surface area contributed by atoms with Gasteiger partial charge in [-0.3, -0.25) is 9.69 Å². The number of nitrogens with zero attached hydrogens (tertiary/aromatic N) is 4. The molecule has 4 rings (SSSR count). The molecule has 0 spiro atoms. The van der Waals surface area contributed by atoms with E-state index in [-0.39, 0.29) is 29.5 Å². The third-order valence-corrected chi connectivity index (χ3v) is 6.05. The van der Waals surface area contributed by atoms with Gasteiger partial charge >= 0.3 is 0 Å². The first-order chi connectivity index (χ1) is 15.2. The van der Waals surface area contributed by atoms with Crippen LogP contribution in [0.4, 0.5) is 0 Å². The van der Waals surface area contributed by atoms with Crippen molar-refractivity contribution < 1.29 is 4.74 Å². The highest BCUT2D eigenvalue weighted by atomic mass is 127. The van der Waals surface area contributed by atoms with Crippen molar-refractivity contribution in [1.29, 1.82) is 0 Å². The van der Waals surface area contributed by atoms with Crippen LogP contribution in [-0.4, -0.2) is 72.3 Å². The van der Waals surface area contributed by atoms with Gasteiger partial charge in [0, 0.05) is 51.0 Å². The number of morpholine rings is 1. The summed E-state index contributed by atoms with van der Waals surface area (Å²) in [7, 11) is 0. The van der Waals surface area contributed by atoms with Crippen LogP contribution in [0.15, 0.2) is 58.4 Å². The zero-order chi connectivity index (χ0) is 21.5. The van der Waals surface area contributed by atoms with Gasteiger partial charge < -0.3 is 19.5 Å². The maximum Gasteiger partial charge on any atom is 0.250 e. The second-order valence-electron chi connectivity index (χ2n) is 8.19. The lowest BCUT2D eigenvalue weighted by molar-refractivity contribution is 0.0195. The maximum absolute atomic E-state index is 11.9. The standard InChI is InChI=1S/C24H33N5O2.HI/c1-2-25-24(29-12-10-22(19-29)27-13-15-31-16-14-27)26-17-20-6-8-21(9-7-20)18-28-11-4-3-5-23(28)30;/h3-9,11,22H,2,10,12-19H2,1H3,(H,25,26);1H. The largest absolute Gasteiger partial charge is 0.379 e. The summed E-state index contributed by atoms with van der Waals surface area (Å²) >= 11 is 0. The molecule has 174 valence electrons. The van der Waals surface area contributed by atoms with E-state index in [2.05, 4.69) is 46.3 Å². The maximum atomic E-state index is 11.9. The monoisotopic (exact) mass is 551 g/mol. The highest BCUT2D eigenvalue weighted by Crippen LogP contribution is 2.17. The summed E-state index contributed by atoms with van der Waals surface area (Å²) in [5, 5.41) is 3.46. The van der Waals surface area contributed by atoms with Gasteiger partial charge in [-0.2, -0.15) is 0 Å². The molecule has 7 nitrogen and oxygen atoms in total. The molecule has 1 N–H and O–H groups in total. The van der Waals surface area contributed by atoms with Gasteiger partial charge in [0.05, 0.1) is 26.3 Å². The third kappa shape index (κ3) is 6.55. The minimum atomic E-state index is 0. The molecule has 1 unspecified atom stereocenters. The Bertz CT molecular complexity index is 924. The first kappa shape index (κ1) is 24.7. The van der Waals surface area contributed by atoms with E-state index in [9.17, 15) is 4.79 Å². The van der Waals surface area contributed by atoms with Crippen molar-refractivity contribution in [1.82, 2.24) is 19.7 Å². The fourth-order valence-electron chi connectivity index (χ4n) is 4.30. The summed E-state index contributed by atoms with van der Waals surface area (Å²) in [4.78, 5) is 21.8. The Morgan fingerprint density at radius 3 is 2.56 bits per heavy atom. The molecule has 0 aliphatic carbocycles. The van der Waals surface area contributed by atoms with Crippen LogP contribution in [0.5, 0.6) is 0 Å². The molecule has 1 aromatic carbocycles. The molecule has 1 atom stereocenters. The van der Waals surface area contributed by atoms with Gasteiger partial charge in [0.2, 0.25) is 0 Å². The van der Waals surface area contributed by atoms with Crippen LogP contribution in [0.1, 0.15) is 24.5 Å². The van der Waals surface area contributed by atoms with Crippen molar-refractivity contribution in [3.05, 3.63) is 70.1 Å². The van der Waals surface area contributed by atoms with E-state index in [4.69, 9.17) is 9.73 Å². The minimum Gasteiger partial charge on any atom is -0.379 e. The van der Waals surface area contributed by atoms with Crippen molar-refractivity contribution in [3.63, 3.8) is 0 Å². The molecule has 3 heterocycles. The molecule has 0 amide bonds. The second-order valence-corrected chi connectivity index (χ2v) is 8.19. The van der Waals surface area contributed by atoms with Crippen LogP contribution < -0.4 is 10.9 Å². The van der Waals surface area contributed by atoms with Crippen LogP contribution in [0.2, 0.25) is 0 Å². The van der Waals surface area contributed by atoms with E-state index in [1.165, 1.54) is 12.0 Å². The summed E-state index contributed by atoms with van der Waals surface area (Å²) in [6.45, 7) is 10.0. The third-order valence-electron chi connectivity index (χ3n) is 6.05. The normalized spacial score (nSPS) is 19.6. The number of aromatic nitrogens is 1. The summed E-state index contributed by atoms with van der Waals surface area (Å²) < 4.78 is 7.22. The molecule has 8 heteroatoms. The number of likely N-dealkylation sites (tertiary alicyclic amines) is 1. The number of nitrogens with one attached hydrogen (secondary N) is 1. The Morgan fingerprint density at radius 2 is 1.84 bits per heavy atom. The summed E-state index contributed by atoms with van der Waals surface area (Å²) in [5.74, 6) is 0.998. The lowest BCUT2D eigenvalue weighted by Crippen LogP contribution is -2.46. The average Bonchev–Trinajstić information content (AvgIpc) is 3.30. The van der Waals surface area contributed by atoms with Crippen LogP contribution in [0, 0.1) is 0 Å². The van der Waals surface area contributed by atoms with Gasteiger partial charge in [-0.25, -0.2) is 4.99 Å². The summed E-state index contributed by atoms with van der Waals surface area (Å²) in [6, 6.07) is 14.2. The first-order valence-electron chi connectivity index (χ1n) is 11.3. The minimum absolute atomic E-state index is 0. The highest BCUT2D eigenvalue weighted by Gasteiger charge is 2.30. The average molecular weight is 551 g/mol. The Kier molecular flexibility index (Phi) is 9.55. The van der Waals surface area contributed by atoms with E-state index in [0.717, 1.165) is 57.5 Å². The van der Waals surface area contributed by atoms with Gasteiger partial charge in [0.25, 0.3) is 5.56 Å². The highest BCUT2D eigenvalue weighted by molar-refractivity contribution is 14.0. The molecule has 2 aliphatic rings. The number of aliphatic imine (C=N–C) groups is 1.